The van der Waals surface area contributed by atoms with Crippen molar-refractivity contribution in [3.63, 3.8) is 0 Å². The maximum absolute atomic E-state index is 13.5. The molecule has 4 rings (SSSR count). The number of carbonyl (C=O) groups excluding carboxylic acids is 2. The molecule has 26 heavy (non-hydrogen) atoms. The molecule has 3 amide bonds. The Balaban J connectivity index is 1.81. The minimum Gasteiger partial charge on any atom is -0.368 e. The van der Waals surface area contributed by atoms with Crippen LogP contribution in [0.1, 0.15) is 19.3 Å². The molecule has 2 aromatic rings. The number of halogens is 1. The summed E-state index contributed by atoms with van der Waals surface area (Å²) < 4.78 is 0. The van der Waals surface area contributed by atoms with Crippen LogP contribution in [0.2, 0.25) is 5.02 Å². The van der Waals surface area contributed by atoms with Crippen LogP contribution in [0.5, 0.6) is 0 Å². The Morgan fingerprint density at radius 3 is 2.65 bits per heavy atom. The molecule has 1 saturated heterocycles. The lowest BCUT2D eigenvalue weighted by molar-refractivity contribution is -0.123. The molecule has 2 aliphatic heterocycles. The van der Waals surface area contributed by atoms with Crippen LogP contribution >= 0.6 is 23.4 Å². The van der Waals surface area contributed by atoms with Gasteiger partial charge in [0.25, 0.3) is 0 Å². The van der Waals surface area contributed by atoms with Gasteiger partial charge in [0.1, 0.15) is 6.04 Å². The summed E-state index contributed by atoms with van der Waals surface area (Å²) in [4.78, 5) is 30.6. The van der Waals surface area contributed by atoms with Gasteiger partial charge >= 0.3 is 6.03 Å². The molecule has 1 unspecified atom stereocenters. The average molecular weight is 388 g/mol. The van der Waals surface area contributed by atoms with Gasteiger partial charge in [-0.25, -0.2) is 4.79 Å². The highest BCUT2D eigenvalue weighted by Gasteiger charge is 2.37. The molecule has 0 aromatic heterocycles. The van der Waals surface area contributed by atoms with Crippen LogP contribution in [-0.4, -0.2) is 29.4 Å². The normalized spacial score (nSPS) is 18.9. The van der Waals surface area contributed by atoms with Crippen molar-refractivity contribution in [1.29, 1.82) is 0 Å². The molecule has 134 valence electrons. The van der Waals surface area contributed by atoms with E-state index in [4.69, 9.17) is 17.3 Å². The number of para-hydroxylation sites is 1. The van der Waals surface area contributed by atoms with Gasteiger partial charge < -0.3 is 10.6 Å². The van der Waals surface area contributed by atoms with E-state index in [-0.39, 0.29) is 6.03 Å². The molecule has 2 heterocycles. The smallest absolute Gasteiger partial charge is 0.329 e. The second-order valence-electron chi connectivity index (χ2n) is 6.41. The van der Waals surface area contributed by atoms with Gasteiger partial charge in [-0.2, -0.15) is 0 Å². The predicted molar refractivity (Wildman–Crippen MR) is 103 cm³/mol. The van der Waals surface area contributed by atoms with E-state index < -0.39 is 11.9 Å². The number of benzene rings is 2. The molecule has 0 aliphatic carbocycles. The van der Waals surface area contributed by atoms with Gasteiger partial charge in [0, 0.05) is 21.4 Å². The van der Waals surface area contributed by atoms with Gasteiger partial charge in [0.2, 0.25) is 5.91 Å². The molecule has 0 radical (unpaired) electrons. The lowest BCUT2D eigenvalue weighted by Gasteiger charge is -2.39. The van der Waals surface area contributed by atoms with E-state index in [0.717, 1.165) is 34.0 Å². The fourth-order valence-electron chi connectivity index (χ4n) is 3.52. The van der Waals surface area contributed by atoms with Crippen LogP contribution < -0.4 is 10.6 Å². The fraction of sp³-hybridized carbons (Fsp3) is 0.263. The van der Waals surface area contributed by atoms with Crippen LogP contribution in [0.25, 0.3) is 0 Å². The van der Waals surface area contributed by atoms with Gasteiger partial charge in [-0.05, 0) is 49.6 Å². The van der Waals surface area contributed by atoms with Crippen molar-refractivity contribution in [1.82, 2.24) is 4.90 Å². The van der Waals surface area contributed by atoms with E-state index in [2.05, 4.69) is 0 Å². The highest BCUT2D eigenvalue weighted by atomic mass is 35.5. The number of likely N-dealkylation sites (tertiary alicyclic amines) is 1. The number of hydrogen-bond donors (Lipinski definition) is 1. The van der Waals surface area contributed by atoms with E-state index in [1.165, 1.54) is 0 Å². The lowest BCUT2D eigenvalue weighted by Crippen LogP contribution is -2.54. The number of carbonyl (C=O) groups is 2. The zero-order valence-electron chi connectivity index (χ0n) is 14.0. The molecule has 5 nitrogen and oxygen atoms in total. The highest BCUT2D eigenvalue weighted by Crippen LogP contribution is 2.49. The number of hydrogen-bond acceptors (Lipinski definition) is 3. The van der Waals surface area contributed by atoms with Crippen LogP contribution in [-0.2, 0) is 4.79 Å². The maximum Gasteiger partial charge on any atom is 0.329 e. The van der Waals surface area contributed by atoms with Gasteiger partial charge in [-0.3, -0.25) is 9.69 Å². The average Bonchev–Trinajstić information content (AvgIpc) is 2.65. The van der Waals surface area contributed by atoms with Gasteiger partial charge in [0.15, 0.2) is 0 Å². The first kappa shape index (κ1) is 17.2. The van der Waals surface area contributed by atoms with Gasteiger partial charge in [-0.1, -0.05) is 35.5 Å². The maximum atomic E-state index is 13.5. The fourth-order valence-corrected chi connectivity index (χ4v) is 4.72. The molecule has 2 aliphatic rings. The molecular weight excluding hydrogens is 370 g/mol. The Morgan fingerprint density at radius 1 is 1.08 bits per heavy atom. The Morgan fingerprint density at radius 2 is 1.85 bits per heavy atom. The van der Waals surface area contributed by atoms with Crippen molar-refractivity contribution < 1.29 is 9.59 Å². The summed E-state index contributed by atoms with van der Waals surface area (Å²) in [5, 5.41) is 0.562. The minimum absolute atomic E-state index is 0.232. The van der Waals surface area contributed by atoms with Crippen molar-refractivity contribution in [2.45, 2.75) is 35.1 Å². The first-order valence-corrected chi connectivity index (χ1v) is 9.72. The number of urea groups is 1. The number of amides is 3. The molecule has 0 saturated carbocycles. The Bertz CT molecular complexity index is 889. The zero-order valence-corrected chi connectivity index (χ0v) is 15.6. The topological polar surface area (TPSA) is 66.6 Å². The number of primary amides is 1. The summed E-state index contributed by atoms with van der Waals surface area (Å²) in [7, 11) is 0. The first-order valence-electron chi connectivity index (χ1n) is 8.53. The molecular formula is C19H18ClN3O2S. The number of nitrogens with two attached hydrogens (primary N) is 1. The Labute approximate surface area is 161 Å². The SMILES string of the molecule is NC(=O)C1CCCCN1C(=O)N1c2ccccc2Sc2ccc(Cl)cc21. The van der Waals surface area contributed by atoms with Crippen molar-refractivity contribution in [3.8, 4) is 0 Å². The lowest BCUT2D eigenvalue weighted by atomic mass is 10.0. The number of rotatable bonds is 1. The molecule has 0 bridgehead atoms. The zero-order chi connectivity index (χ0) is 18.3. The largest absolute Gasteiger partial charge is 0.368 e. The monoisotopic (exact) mass is 387 g/mol. The second-order valence-corrected chi connectivity index (χ2v) is 7.93. The Hall–Kier alpha value is -2.18. The van der Waals surface area contributed by atoms with Gasteiger partial charge in [0.05, 0.1) is 11.4 Å². The van der Waals surface area contributed by atoms with Crippen molar-refractivity contribution in [3.05, 3.63) is 47.5 Å². The quantitative estimate of drug-likeness (QED) is 0.788. The van der Waals surface area contributed by atoms with E-state index in [1.807, 2.05) is 36.4 Å². The highest BCUT2D eigenvalue weighted by molar-refractivity contribution is 7.99. The van der Waals surface area contributed by atoms with Crippen molar-refractivity contribution >= 4 is 46.7 Å². The molecule has 1 fully saturated rings. The van der Waals surface area contributed by atoms with Crippen LogP contribution in [0.3, 0.4) is 0 Å². The third-order valence-electron chi connectivity index (χ3n) is 4.76. The van der Waals surface area contributed by atoms with E-state index in [1.54, 1.807) is 27.6 Å². The third kappa shape index (κ3) is 2.93. The second kappa shape index (κ2) is 6.85. The van der Waals surface area contributed by atoms with E-state index in [0.29, 0.717) is 18.0 Å². The van der Waals surface area contributed by atoms with Crippen molar-refractivity contribution in [2.75, 3.05) is 11.4 Å². The summed E-state index contributed by atoms with van der Waals surface area (Å²) >= 11 is 7.81. The number of anilines is 2. The summed E-state index contributed by atoms with van der Waals surface area (Å²) in [6.45, 7) is 0.522. The number of fused-ring (bicyclic) bond motifs is 2. The van der Waals surface area contributed by atoms with Gasteiger partial charge in [-0.15, -0.1) is 0 Å². The van der Waals surface area contributed by atoms with Crippen LogP contribution in [0.15, 0.2) is 52.3 Å². The third-order valence-corrected chi connectivity index (χ3v) is 6.12. The summed E-state index contributed by atoms with van der Waals surface area (Å²) in [5.41, 5.74) is 7.10. The predicted octanol–water partition coefficient (Wildman–Crippen LogP) is 4.40. The summed E-state index contributed by atoms with van der Waals surface area (Å²) in [5.74, 6) is -0.455. The van der Waals surface area contributed by atoms with Crippen molar-refractivity contribution in [2.24, 2.45) is 5.73 Å². The minimum atomic E-state index is -0.569. The molecule has 2 aromatic carbocycles. The number of nitrogens with zero attached hydrogens (tertiary/aromatic N) is 2. The van der Waals surface area contributed by atoms with E-state index in [9.17, 15) is 9.59 Å². The molecule has 1 atom stereocenters. The van der Waals surface area contributed by atoms with Crippen LogP contribution in [0, 0.1) is 0 Å². The summed E-state index contributed by atoms with van der Waals surface area (Å²) in [6, 6.07) is 12.5. The molecule has 7 heteroatoms. The van der Waals surface area contributed by atoms with Crippen LogP contribution in [0.4, 0.5) is 16.2 Å². The first-order chi connectivity index (χ1) is 12.6. The van der Waals surface area contributed by atoms with E-state index >= 15 is 0 Å². The standard InChI is InChI=1S/C19H18ClN3O2S/c20-12-8-9-17-15(11-12)23(13-5-1-2-7-16(13)26-17)19(25)22-10-4-3-6-14(22)18(21)24/h1-2,5,7-9,11,14H,3-4,6,10H2,(H2,21,24). The number of piperidine rings is 1. The molecule has 0 spiro atoms. The Kier molecular flexibility index (Phi) is 4.54. The summed E-state index contributed by atoms with van der Waals surface area (Å²) in [6.07, 6.45) is 2.36. The molecule has 2 N–H and O–H groups in total.